The number of anilines is 5. The number of aliphatic carboxylic acids is 1. The molecule has 1 fully saturated rings. The Hall–Kier alpha value is -4.64. The number of carbonyl (C=O) groups is 1. The highest BCUT2D eigenvalue weighted by molar-refractivity contribution is 5.76. The second-order valence-corrected chi connectivity index (χ2v) is 8.60. The topological polar surface area (TPSA) is 141 Å². The van der Waals surface area contributed by atoms with Crippen molar-refractivity contribution in [2.75, 3.05) is 41.7 Å². The summed E-state index contributed by atoms with van der Waals surface area (Å²) in [4.78, 5) is 36.0. The van der Waals surface area contributed by atoms with Crippen LogP contribution in [-0.2, 0) is 11.2 Å². The van der Waals surface area contributed by atoms with Crippen LogP contribution in [0.1, 0.15) is 11.3 Å². The minimum atomic E-state index is -0.874. The van der Waals surface area contributed by atoms with E-state index in [2.05, 4.69) is 45.8 Å². The lowest BCUT2D eigenvalue weighted by molar-refractivity contribution is -0.136. The van der Waals surface area contributed by atoms with E-state index in [1.54, 1.807) is 24.5 Å². The van der Waals surface area contributed by atoms with E-state index in [9.17, 15) is 9.90 Å². The fraction of sp³-hybridized carbons (Fsp3) is 0.231. The van der Waals surface area contributed by atoms with Gasteiger partial charge in [0.2, 0.25) is 5.95 Å². The monoisotopic (exact) mass is 497 g/mol. The maximum atomic E-state index is 11.5. The third kappa shape index (κ3) is 6.14. The Kier molecular flexibility index (Phi) is 7.13. The van der Waals surface area contributed by atoms with Crippen LogP contribution >= 0.6 is 0 Å². The van der Waals surface area contributed by atoms with Crippen molar-refractivity contribution < 1.29 is 9.90 Å². The number of pyridine rings is 1. The van der Waals surface area contributed by atoms with Crippen molar-refractivity contribution in [1.29, 1.82) is 0 Å². The predicted octanol–water partition coefficient (Wildman–Crippen LogP) is 3.16. The molecular weight excluding hydrogens is 470 g/mol. The minimum absolute atomic E-state index is 0.0664. The van der Waals surface area contributed by atoms with E-state index >= 15 is 0 Å². The summed E-state index contributed by atoms with van der Waals surface area (Å²) in [6.07, 6.45) is 3.23. The van der Waals surface area contributed by atoms with E-state index in [0.717, 1.165) is 43.1 Å². The zero-order valence-corrected chi connectivity index (χ0v) is 20.3. The molecule has 0 saturated carbocycles. The predicted molar refractivity (Wildman–Crippen MR) is 141 cm³/mol. The largest absolute Gasteiger partial charge is 0.481 e. The van der Waals surface area contributed by atoms with Crippen LogP contribution in [0, 0.1) is 6.92 Å². The average Bonchev–Trinajstić information content (AvgIpc) is 2.89. The van der Waals surface area contributed by atoms with Gasteiger partial charge in [0.15, 0.2) is 5.82 Å². The molecule has 4 N–H and O–H groups in total. The summed E-state index contributed by atoms with van der Waals surface area (Å²) in [7, 11) is 0. The van der Waals surface area contributed by atoms with Crippen LogP contribution in [0.5, 0.6) is 0 Å². The molecule has 3 aromatic heterocycles. The molecule has 4 heterocycles. The highest BCUT2D eigenvalue weighted by Gasteiger charge is 2.17. The van der Waals surface area contributed by atoms with Crippen molar-refractivity contribution in [3.63, 3.8) is 0 Å². The van der Waals surface area contributed by atoms with Crippen LogP contribution in [0.3, 0.4) is 0 Å². The molecule has 11 nitrogen and oxygen atoms in total. The fourth-order valence-corrected chi connectivity index (χ4v) is 4.15. The lowest BCUT2D eigenvalue weighted by Gasteiger charge is -2.31. The molecule has 0 bridgehead atoms. The molecule has 1 saturated heterocycles. The summed E-state index contributed by atoms with van der Waals surface area (Å²) < 4.78 is 0. The Balaban J connectivity index is 1.33. The summed E-state index contributed by atoms with van der Waals surface area (Å²) in [5, 5.41) is 19.1. The number of benzene rings is 1. The van der Waals surface area contributed by atoms with E-state index in [-0.39, 0.29) is 6.42 Å². The van der Waals surface area contributed by atoms with Crippen LogP contribution < -0.4 is 20.9 Å². The number of aryl methyl sites for hydroxylation is 1. The van der Waals surface area contributed by atoms with Gasteiger partial charge in [0.1, 0.15) is 17.3 Å². The van der Waals surface area contributed by atoms with E-state index in [4.69, 9.17) is 0 Å². The zero-order valence-electron chi connectivity index (χ0n) is 20.3. The lowest BCUT2D eigenvalue weighted by atomic mass is 10.1. The van der Waals surface area contributed by atoms with Crippen molar-refractivity contribution >= 4 is 34.9 Å². The Morgan fingerprint density at radius 3 is 2.54 bits per heavy atom. The van der Waals surface area contributed by atoms with E-state index in [1.165, 1.54) is 0 Å². The summed E-state index contributed by atoms with van der Waals surface area (Å²) in [5.74, 6) is 1.12. The number of aromatic nitrogens is 5. The molecule has 0 amide bonds. The number of piperazine rings is 1. The van der Waals surface area contributed by atoms with Gasteiger partial charge in [-0.15, -0.1) is 0 Å². The molecule has 0 unspecified atom stereocenters. The van der Waals surface area contributed by atoms with Gasteiger partial charge in [-0.1, -0.05) is 6.07 Å². The minimum Gasteiger partial charge on any atom is -0.481 e. The van der Waals surface area contributed by atoms with Crippen molar-refractivity contribution in [2.45, 2.75) is 13.3 Å². The standard InChI is InChI=1S/C26H27N9O2/c1-17-3-2-4-20(30-17)25-28-9-7-22(33-25)32-23-8-10-29-26(34-23)31-19-5-6-21(18(15-19)16-24(36)37)35-13-11-27-12-14-35/h2-10,15,27H,11-14,16H2,1H3,(H,36,37)(H2,28,29,31,32,33,34). The van der Waals surface area contributed by atoms with Crippen LogP contribution in [0.25, 0.3) is 11.5 Å². The zero-order chi connectivity index (χ0) is 25.6. The number of carboxylic acid groups (broad SMARTS) is 1. The molecule has 5 rings (SSSR count). The molecule has 188 valence electrons. The van der Waals surface area contributed by atoms with Gasteiger partial charge >= 0.3 is 5.97 Å². The second kappa shape index (κ2) is 11.0. The molecule has 11 heteroatoms. The molecule has 0 spiro atoms. The normalized spacial score (nSPS) is 13.3. The molecule has 0 aliphatic carbocycles. The van der Waals surface area contributed by atoms with Crippen LogP contribution in [-0.4, -0.2) is 62.2 Å². The maximum absolute atomic E-state index is 11.5. The lowest BCUT2D eigenvalue weighted by Crippen LogP contribution is -2.44. The number of hydrogen-bond donors (Lipinski definition) is 4. The molecule has 37 heavy (non-hydrogen) atoms. The first-order chi connectivity index (χ1) is 18.0. The van der Waals surface area contributed by atoms with Crippen LogP contribution in [0.15, 0.2) is 60.9 Å². The molecular formula is C26H27N9O2. The van der Waals surface area contributed by atoms with Crippen molar-refractivity contribution in [3.8, 4) is 11.5 Å². The van der Waals surface area contributed by atoms with Crippen molar-refractivity contribution in [3.05, 3.63) is 72.2 Å². The summed E-state index contributed by atoms with van der Waals surface area (Å²) in [6, 6.07) is 14.9. The smallest absolute Gasteiger partial charge is 0.307 e. The van der Waals surface area contributed by atoms with Gasteiger partial charge in [-0.05, 0) is 55.0 Å². The molecule has 1 aliphatic rings. The van der Waals surface area contributed by atoms with E-state index in [0.29, 0.717) is 34.8 Å². The van der Waals surface area contributed by atoms with Crippen molar-refractivity contribution in [1.82, 2.24) is 30.2 Å². The van der Waals surface area contributed by atoms with Crippen molar-refractivity contribution in [2.24, 2.45) is 0 Å². The summed E-state index contributed by atoms with van der Waals surface area (Å²) >= 11 is 0. The Morgan fingerprint density at radius 2 is 1.76 bits per heavy atom. The van der Waals surface area contributed by atoms with Gasteiger partial charge < -0.3 is 26.0 Å². The van der Waals surface area contributed by atoms with Crippen LogP contribution in [0.2, 0.25) is 0 Å². The molecule has 0 radical (unpaired) electrons. The quantitative estimate of drug-likeness (QED) is 0.285. The Morgan fingerprint density at radius 1 is 0.973 bits per heavy atom. The number of nitrogens with zero attached hydrogens (tertiary/aromatic N) is 6. The van der Waals surface area contributed by atoms with Gasteiger partial charge in [-0.25, -0.2) is 19.9 Å². The summed E-state index contributed by atoms with van der Waals surface area (Å²) in [6.45, 7) is 5.33. The van der Waals surface area contributed by atoms with E-state index < -0.39 is 5.97 Å². The second-order valence-electron chi connectivity index (χ2n) is 8.60. The third-order valence-corrected chi connectivity index (χ3v) is 5.82. The molecule has 1 aromatic carbocycles. The first-order valence-corrected chi connectivity index (χ1v) is 12.0. The Labute approximate surface area is 214 Å². The molecule has 1 aliphatic heterocycles. The number of rotatable bonds is 8. The van der Waals surface area contributed by atoms with Gasteiger partial charge in [-0.3, -0.25) is 4.79 Å². The van der Waals surface area contributed by atoms with Gasteiger partial charge in [0, 0.05) is 55.6 Å². The third-order valence-electron chi connectivity index (χ3n) is 5.82. The SMILES string of the molecule is Cc1cccc(-c2nccc(Nc3ccnc(Nc4ccc(N5CCNCC5)c(CC(=O)O)c4)n3)n2)n1. The number of hydrogen-bond acceptors (Lipinski definition) is 10. The highest BCUT2D eigenvalue weighted by Crippen LogP contribution is 2.27. The van der Waals surface area contributed by atoms with E-state index in [1.807, 2.05) is 43.3 Å². The number of nitrogens with one attached hydrogen (secondary N) is 3. The average molecular weight is 498 g/mol. The summed E-state index contributed by atoms with van der Waals surface area (Å²) in [5.41, 5.74) is 3.97. The van der Waals surface area contributed by atoms with Crippen LogP contribution in [0.4, 0.5) is 29.0 Å². The molecule has 4 aromatic rings. The number of carboxylic acids is 1. The van der Waals surface area contributed by atoms with Gasteiger partial charge in [-0.2, -0.15) is 4.98 Å². The van der Waals surface area contributed by atoms with Gasteiger partial charge in [0.25, 0.3) is 0 Å². The van der Waals surface area contributed by atoms with Gasteiger partial charge in [0.05, 0.1) is 6.42 Å². The molecule has 0 atom stereocenters. The maximum Gasteiger partial charge on any atom is 0.307 e. The Bertz CT molecular complexity index is 1410. The fourth-order valence-electron chi connectivity index (χ4n) is 4.15. The highest BCUT2D eigenvalue weighted by atomic mass is 16.4. The first-order valence-electron chi connectivity index (χ1n) is 12.0. The first kappa shape index (κ1) is 24.1.